The summed E-state index contributed by atoms with van der Waals surface area (Å²) in [7, 11) is 4.64. The van der Waals surface area contributed by atoms with E-state index in [0.717, 1.165) is 32.3 Å². The lowest BCUT2D eigenvalue weighted by atomic mass is 10.1. The van der Waals surface area contributed by atoms with Crippen LogP contribution in [0.1, 0.15) is 26.5 Å². The Hall–Kier alpha value is -3.65. The van der Waals surface area contributed by atoms with E-state index in [1.807, 2.05) is 66.4 Å². The topological polar surface area (TPSA) is 73.8 Å². The van der Waals surface area contributed by atoms with E-state index >= 15 is 0 Å². The molecule has 33 heavy (non-hydrogen) atoms. The van der Waals surface area contributed by atoms with Crippen LogP contribution in [0.25, 0.3) is 10.3 Å². The van der Waals surface area contributed by atoms with Crippen LogP contribution in [0.2, 0.25) is 0 Å². The van der Waals surface area contributed by atoms with Crippen LogP contribution in [0, 0.1) is 6.92 Å². The average Bonchev–Trinajstić information content (AvgIpc) is 3.22. The van der Waals surface area contributed by atoms with Gasteiger partial charge in [0.1, 0.15) is 21.8 Å². The second-order valence-corrected chi connectivity index (χ2v) is 8.72. The van der Waals surface area contributed by atoms with Crippen molar-refractivity contribution in [1.29, 1.82) is 0 Å². The minimum absolute atomic E-state index is 0.199. The minimum atomic E-state index is -0.516. The molecule has 2 aromatic carbocycles. The first kappa shape index (κ1) is 22.5. The van der Waals surface area contributed by atoms with Gasteiger partial charge in [0.05, 0.1) is 21.3 Å². The van der Waals surface area contributed by atoms with E-state index in [1.54, 1.807) is 25.6 Å². The third-order valence-electron chi connectivity index (χ3n) is 5.21. The number of rotatable bonds is 8. The van der Waals surface area contributed by atoms with Crippen LogP contribution >= 0.6 is 11.3 Å². The highest BCUT2D eigenvalue weighted by Gasteiger charge is 2.23. The van der Waals surface area contributed by atoms with Gasteiger partial charge in [0, 0.05) is 18.0 Å². The maximum atomic E-state index is 12.7. The Bertz CT molecular complexity index is 1200. The number of carbonyl (C=O) groups excluding carboxylic acids is 1. The zero-order chi connectivity index (χ0) is 23.4. The number of esters is 1. The van der Waals surface area contributed by atoms with Gasteiger partial charge in [-0.15, -0.1) is 11.3 Å². The lowest BCUT2D eigenvalue weighted by Gasteiger charge is -2.25. The molecule has 7 nitrogen and oxygen atoms in total. The molecule has 0 saturated carbocycles. The van der Waals surface area contributed by atoms with Gasteiger partial charge < -0.3 is 19.1 Å². The minimum Gasteiger partial charge on any atom is -0.497 e. The molecule has 8 heteroatoms. The van der Waals surface area contributed by atoms with Crippen molar-refractivity contribution in [2.45, 2.75) is 20.0 Å². The molecule has 0 amide bonds. The van der Waals surface area contributed by atoms with Crippen LogP contribution in [0.3, 0.4) is 0 Å². The monoisotopic (exact) mass is 463 g/mol. The fraction of sp³-hybridized carbons (Fsp3) is 0.240. The summed E-state index contributed by atoms with van der Waals surface area (Å²) in [5, 5.41) is 0. The summed E-state index contributed by atoms with van der Waals surface area (Å²) < 4.78 is 15.6. The third-order valence-corrected chi connectivity index (χ3v) is 6.15. The third kappa shape index (κ3) is 5.06. The number of methoxy groups -OCH3 is 3. The molecule has 0 aliphatic heterocycles. The van der Waals surface area contributed by atoms with Crippen molar-refractivity contribution in [1.82, 2.24) is 9.97 Å². The quantitative estimate of drug-likeness (QED) is 0.340. The van der Waals surface area contributed by atoms with E-state index < -0.39 is 5.97 Å². The van der Waals surface area contributed by atoms with Gasteiger partial charge in [-0.2, -0.15) is 0 Å². The van der Waals surface area contributed by atoms with Crippen molar-refractivity contribution in [2.24, 2.45) is 0 Å². The molecule has 0 radical (unpaired) electrons. The standard InChI is InChI=1S/C25H25N3O4S/c1-16-13-21-24(33-16)27-23(22(26-21)25(29)32-4)28(14-17-5-9-19(30-2)10-6-17)15-18-7-11-20(31-3)12-8-18/h5-13H,14-15H2,1-4H3. The molecule has 0 unspecified atom stereocenters. The first-order chi connectivity index (χ1) is 16.0. The zero-order valence-corrected chi connectivity index (χ0v) is 19.8. The number of ether oxygens (including phenoxy) is 3. The number of aryl methyl sites for hydroxylation is 1. The van der Waals surface area contributed by atoms with Crippen LogP contribution in [0.4, 0.5) is 5.82 Å². The van der Waals surface area contributed by atoms with Crippen LogP contribution in [-0.4, -0.2) is 37.3 Å². The van der Waals surface area contributed by atoms with Gasteiger partial charge in [0.2, 0.25) is 0 Å². The molecular weight excluding hydrogens is 438 g/mol. The second kappa shape index (κ2) is 9.87. The molecule has 0 spiro atoms. The molecule has 2 aromatic heterocycles. The zero-order valence-electron chi connectivity index (χ0n) is 19.0. The molecule has 0 fully saturated rings. The van der Waals surface area contributed by atoms with Crippen LogP contribution in [0.5, 0.6) is 11.5 Å². The number of nitrogens with zero attached hydrogens (tertiary/aromatic N) is 3. The van der Waals surface area contributed by atoms with Gasteiger partial charge in [0.15, 0.2) is 11.5 Å². The molecule has 0 N–H and O–H groups in total. The van der Waals surface area contributed by atoms with Crippen molar-refractivity contribution in [3.8, 4) is 11.5 Å². The van der Waals surface area contributed by atoms with E-state index in [4.69, 9.17) is 19.2 Å². The van der Waals surface area contributed by atoms with E-state index in [1.165, 1.54) is 7.11 Å². The number of fused-ring (bicyclic) bond motifs is 1. The summed E-state index contributed by atoms with van der Waals surface area (Å²) in [6.07, 6.45) is 0. The molecule has 0 atom stereocenters. The molecule has 170 valence electrons. The van der Waals surface area contributed by atoms with E-state index in [9.17, 15) is 4.79 Å². The number of thiophene rings is 1. The first-order valence-electron chi connectivity index (χ1n) is 10.4. The second-order valence-electron chi connectivity index (χ2n) is 7.49. The van der Waals surface area contributed by atoms with E-state index in [0.29, 0.717) is 24.4 Å². The largest absolute Gasteiger partial charge is 0.497 e. The van der Waals surface area contributed by atoms with Crippen LogP contribution in [0.15, 0.2) is 54.6 Å². The molecule has 4 rings (SSSR count). The Morgan fingerprint density at radius 1 is 0.879 bits per heavy atom. The predicted octanol–water partition coefficient (Wildman–Crippen LogP) is 5.01. The summed E-state index contributed by atoms with van der Waals surface area (Å²) >= 11 is 1.55. The number of hydrogen-bond acceptors (Lipinski definition) is 8. The molecule has 0 saturated heterocycles. The summed E-state index contributed by atoms with van der Waals surface area (Å²) in [4.78, 5) is 26.1. The summed E-state index contributed by atoms with van der Waals surface area (Å²) in [6, 6.07) is 17.6. The molecular formula is C25H25N3O4S. The van der Waals surface area contributed by atoms with Crippen molar-refractivity contribution in [3.05, 3.63) is 76.3 Å². The van der Waals surface area contributed by atoms with Gasteiger partial charge >= 0.3 is 5.97 Å². The fourth-order valence-electron chi connectivity index (χ4n) is 3.53. The fourth-order valence-corrected chi connectivity index (χ4v) is 4.35. The highest BCUT2D eigenvalue weighted by molar-refractivity contribution is 7.18. The number of benzene rings is 2. The SMILES string of the molecule is COC(=O)c1nc2cc(C)sc2nc1N(Cc1ccc(OC)cc1)Cc1ccc(OC)cc1. The Morgan fingerprint density at radius 3 is 1.91 bits per heavy atom. The van der Waals surface area contributed by atoms with Gasteiger partial charge in [-0.25, -0.2) is 14.8 Å². The summed E-state index contributed by atoms with van der Waals surface area (Å²) in [5.41, 5.74) is 2.98. The Morgan fingerprint density at radius 2 is 1.42 bits per heavy atom. The lowest BCUT2D eigenvalue weighted by molar-refractivity contribution is 0.0594. The smallest absolute Gasteiger partial charge is 0.360 e. The van der Waals surface area contributed by atoms with Gasteiger partial charge in [-0.1, -0.05) is 24.3 Å². The van der Waals surface area contributed by atoms with Crippen LogP contribution in [-0.2, 0) is 17.8 Å². The van der Waals surface area contributed by atoms with Gasteiger partial charge in [-0.05, 0) is 48.4 Å². The predicted molar refractivity (Wildman–Crippen MR) is 129 cm³/mol. The van der Waals surface area contributed by atoms with Crippen molar-refractivity contribution < 1.29 is 19.0 Å². The van der Waals surface area contributed by atoms with Crippen molar-refractivity contribution in [3.63, 3.8) is 0 Å². The highest BCUT2D eigenvalue weighted by Crippen LogP contribution is 2.29. The van der Waals surface area contributed by atoms with Gasteiger partial charge in [0.25, 0.3) is 0 Å². The first-order valence-corrected chi connectivity index (χ1v) is 11.2. The maximum Gasteiger partial charge on any atom is 0.360 e. The average molecular weight is 464 g/mol. The molecule has 4 aromatic rings. The molecule has 2 heterocycles. The molecule has 0 aliphatic carbocycles. The van der Waals surface area contributed by atoms with E-state index in [2.05, 4.69) is 4.98 Å². The number of carbonyl (C=O) groups is 1. The number of hydrogen-bond donors (Lipinski definition) is 0. The maximum absolute atomic E-state index is 12.7. The Kier molecular flexibility index (Phi) is 6.74. The van der Waals surface area contributed by atoms with Gasteiger partial charge in [-0.3, -0.25) is 0 Å². The van der Waals surface area contributed by atoms with Crippen LogP contribution < -0.4 is 14.4 Å². The highest BCUT2D eigenvalue weighted by atomic mass is 32.1. The van der Waals surface area contributed by atoms with Crippen molar-refractivity contribution in [2.75, 3.05) is 26.2 Å². The normalized spacial score (nSPS) is 10.8. The Balaban J connectivity index is 1.79. The lowest BCUT2D eigenvalue weighted by Crippen LogP contribution is -2.26. The molecule has 0 bridgehead atoms. The number of anilines is 1. The Labute approximate surface area is 196 Å². The summed E-state index contributed by atoms with van der Waals surface area (Å²) in [5.74, 6) is 1.54. The van der Waals surface area contributed by atoms with Crippen molar-refractivity contribution >= 4 is 33.5 Å². The van der Waals surface area contributed by atoms with E-state index in [-0.39, 0.29) is 5.69 Å². The number of aromatic nitrogens is 2. The summed E-state index contributed by atoms with van der Waals surface area (Å²) in [6.45, 7) is 3.03. The molecule has 0 aliphatic rings.